The summed E-state index contributed by atoms with van der Waals surface area (Å²) in [5, 5.41) is 0. The van der Waals surface area contributed by atoms with Crippen LogP contribution in [0.3, 0.4) is 0 Å². The zero-order chi connectivity index (χ0) is 10.8. The average Bonchev–Trinajstić information content (AvgIpc) is 2.47. The van der Waals surface area contributed by atoms with Crippen LogP contribution in [-0.2, 0) is 17.4 Å². The SMILES string of the molecule is NC(=O)CCc1ccc(C(F)(F)F)s1. The van der Waals surface area contributed by atoms with Gasteiger partial charge in [0.2, 0.25) is 5.91 Å². The Morgan fingerprint density at radius 3 is 2.50 bits per heavy atom. The van der Waals surface area contributed by atoms with E-state index in [1.165, 1.54) is 6.07 Å². The number of amides is 1. The van der Waals surface area contributed by atoms with Gasteiger partial charge in [0.15, 0.2) is 0 Å². The van der Waals surface area contributed by atoms with E-state index in [0.717, 1.165) is 6.07 Å². The molecular formula is C8H8F3NOS. The monoisotopic (exact) mass is 223 g/mol. The van der Waals surface area contributed by atoms with Crippen molar-refractivity contribution < 1.29 is 18.0 Å². The summed E-state index contributed by atoms with van der Waals surface area (Å²) in [6, 6.07) is 2.39. The smallest absolute Gasteiger partial charge is 0.370 e. The zero-order valence-electron chi connectivity index (χ0n) is 7.10. The topological polar surface area (TPSA) is 43.1 Å². The van der Waals surface area contributed by atoms with Crippen molar-refractivity contribution in [2.75, 3.05) is 0 Å². The quantitative estimate of drug-likeness (QED) is 0.838. The Balaban J connectivity index is 2.64. The first-order chi connectivity index (χ1) is 6.39. The Morgan fingerprint density at radius 2 is 2.07 bits per heavy atom. The van der Waals surface area contributed by atoms with Gasteiger partial charge in [-0.05, 0) is 18.6 Å². The first-order valence-corrected chi connectivity index (χ1v) is 4.65. The molecule has 0 spiro atoms. The fraction of sp³-hybridized carbons (Fsp3) is 0.375. The van der Waals surface area contributed by atoms with Crippen LogP contribution in [0.4, 0.5) is 13.2 Å². The number of aryl methyl sites for hydroxylation is 1. The van der Waals surface area contributed by atoms with Crippen LogP contribution in [0.1, 0.15) is 16.2 Å². The molecule has 0 aliphatic heterocycles. The van der Waals surface area contributed by atoms with Crippen molar-refractivity contribution in [2.24, 2.45) is 5.73 Å². The summed E-state index contributed by atoms with van der Waals surface area (Å²) in [7, 11) is 0. The summed E-state index contributed by atoms with van der Waals surface area (Å²) in [6.45, 7) is 0. The van der Waals surface area contributed by atoms with Crippen molar-refractivity contribution in [3.8, 4) is 0 Å². The van der Waals surface area contributed by atoms with Gasteiger partial charge in [0.05, 0.1) is 0 Å². The molecule has 0 fully saturated rings. The van der Waals surface area contributed by atoms with Crippen molar-refractivity contribution in [3.63, 3.8) is 0 Å². The maximum atomic E-state index is 12.1. The van der Waals surface area contributed by atoms with Gasteiger partial charge >= 0.3 is 6.18 Å². The lowest BCUT2D eigenvalue weighted by molar-refractivity contribution is -0.134. The second-order valence-corrected chi connectivity index (χ2v) is 3.90. The molecule has 0 aromatic carbocycles. The fourth-order valence-electron chi connectivity index (χ4n) is 0.911. The van der Waals surface area contributed by atoms with E-state index >= 15 is 0 Å². The van der Waals surface area contributed by atoms with Gasteiger partial charge in [-0.1, -0.05) is 0 Å². The minimum atomic E-state index is -4.30. The molecule has 1 aromatic heterocycles. The fourth-order valence-corrected chi connectivity index (χ4v) is 1.79. The van der Waals surface area contributed by atoms with E-state index in [0.29, 0.717) is 16.2 Å². The standard InChI is InChI=1S/C8H8F3NOS/c9-8(10,11)6-3-1-5(14-6)2-4-7(12)13/h1,3H,2,4H2,(H2,12,13). The van der Waals surface area contributed by atoms with Gasteiger partial charge in [0.1, 0.15) is 4.88 Å². The van der Waals surface area contributed by atoms with Gasteiger partial charge in [-0.25, -0.2) is 0 Å². The summed E-state index contributed by atoms with van der Waals surface area (Å²) in [4.78, 5) is 10.3. The molecule has 6 heteroatoms. The second kappa shape index (κ2) is 4.00. The molecule has 1 amide bonds. The highest BCUT2D eigenvalue weighted by molar-refractivity contribution is 7.12. The molecule has 0 aliphatic carbocycles. The van der Waals surface area contributed by atoms with Crippen LogP contribution >= 0.6 is 11.3 Å². The van der Waals surface area contributed by atoms with Gasteiger partial charge in [0, 0.05) is 11.3 Å². The lowest BCUT2D eigenvalue weighted by atomic mass is 10.2. The number of hydrogen-bond acceptors (Lipinski definition) is 2. The molecule has 1 rings (SSSR count). The Hall–Kier alpha value is -1.04. The third kappa shape index (κ3) is 3.02. The van der Waals surface area contributed by atoms with E-state index in [4.69, 9.17) is 5.73 Å². The number of primary amides is 1. The molecule has 2 N–H and O–H groups in total. The molecule has 0 aliphatic rings. The predicted octanol–water partition coefficient (Wildman–Crippen LogP) is 2.18. The summed E-state index contributed by atoms with van der Waals surface area (Å²) < 4.78 is 36.4. The van der Waals surface area contributed by atoms with E-state index in [1.807, 2.05) is 0 Å². The van der Waals surface area contributed by atoms with Gasteiger partial charge < -0.3 is 5.73 Å². The number of rotatable bonds is 3. The molecule has 0 atom stereocenters. The van der Waals surface area contributed by atoms with E-state index < -0.39 is 17.0 Å². The van der Waals surface area contributed by atoms with Gasteiger partial charge in [0.25, 0.3) is 0 Å². The lowest BCUT2D eigenvalue weighted by Crippen LogP contribution is -2.10. The van der Waals surface area contributed by atoms with E-state index in [9.17, 15) is 18.0 Å². The maximum absolute atomic E-state index is 12.1. The van der Waals surface area contributed by atoms with Crippen LogP contribution in [0.5, 0.6) is 0 Å². The minimum absolute atomic E-state index is 0.0812. The number of nitrogens with two attached hydrogens (primary N) is 1. The van der Waals surface area contributed by atoms with Crippen molar-refractivity contribution in [3.05, 3.63) is 21.9 Å². The van der Waals surface area contributed by atoms with E-state index in [2.05, 4.69) is 0 Å². The zero-order valence-corrected chi connectivity index (χ0v) is 7.91. The van der Waals surface area contributed by atoms with Crippen LogP contribution in [-0.4, -0.2) is 5.91 Å². The first kappa shape index (κ1) is 11.0. The highest BCUT2D eigenvalue weighted by Crippen LogP contribution is 2.34. The molecule has 0 saturated heterocycles. The second-order valence-electron chi connectivity index (χ2n) is 2.73. The Morgan fingerprint density at radius 1 is 1.43 bits per heavy atom. The molecule has 78 valence electrons. The largest absolute Gasteiger partial charge is 0.425 e. The van der Waals surface area contributed by atoms with Gasteiger partial charge in [-0.15, -0.1) is 11.3 Å². The molecule has 0 radical (unpaired) electrons. The predicted molar refractivity (Wildman–Crippen MR) is 46.8 cm³/mol. The highest BCUT2D eigenvalue weighted by Gasteiger charge is 2.32. The molecular weight excluding hydrogens is 215 g/mol. The summed E-state index contributed by atoms with van der Waals surface area (Å²) in [6.07, 6.45) is -3.94. The van der Waals surface area contributed by atoms with Crippen LogP contribution in [0.25, 0.3) is 0 Å². The Kier molecular flexibility index (Phi) is 3.15. The number of halogens is 3. The third-order valence-corrected chi connectivity index (χ3v) is 2.75. The maximum Gasteiger partial charge on any atom is 0.425 e. The highest BCUT2D eigenvalue weighted by atomic mass is 32.1. The number of alkyl halides is 3. The summed E-state index contributed by atoms with van der Waals surface area (Å²) >= 11 is 0.649. The number of thiophene rings is 1. The van der Waals surface area contributed by atoms with E-state index in [-0.39, 0.29) is 12.8 Å². The van der Waals surface area contributed by atoms with Crippen molar-refractivity contribution in [1.29, 1.82) is 0 Å². The van der Waals surface area contributed by atoms with Crippen LogP contribution in [0.2, 0.25) is 0 Å². The van der Waals surface area contributed by atoms with Gasteiger partial charge in [-0.3, -0.25) is 4.79 Å². The Labute approximate surface area is 82.5 Å². The van der Waals surface area contributed by atoms with Gasteiger partial charge in [-0.2, -0.15) is 13.2 Å². The van der Waals surface area contributed by atoms with Crippen molar-refractivity contribution in [1.82, 2.24) is 0 Å². The normalized spacial score (nSPS) is 11.6. The summed E-state index contributed by atoms with van der Waals surface area (Å²) in [5.74, 6) is -0.507. The molecule has 0 unspecified atom stereocenters. The molecule has 0 bridgehead atoms. The lowest BCUT2D eigenvalue weighted by Gasteiger charge is -2.00. The summed E-state index contributed by atoms with van der Waals surface area (Å²) in [5.41, 5.74) is 4.88. The molecule has 0 saturated carbocycles. The van der Waals surface area contributed by atoms with Crippen molar-refractivity contribution in [2.45, 2.75) is 19.0 Å². The third-order valence-electron chi connectivity index (χ3n) is 1.56. The number of carbonyl (C=O) groups excluding carboxylic acids is 1. The van der Waals surface area contributed by atoms with E-state index in [1.54, 1.807) is 0 Å². The average molecular weight is 223 g/mol. The van der Waals surface area contributed by atoms with Crippen LogP contribution in [0.15, 0.2) is 12.1 Å². The van der Waals surface area contributed by atoms with Crippen LogP contribution < -0.4 is 5.73 Å². The molecule has 1 aromatic rings. The molecule has 1 heterocycles. The first-order valence-electron chi connectivity index (χ1n) is 3.84. The number of carbonyl (C=O) groups is 1. The number of hydrogen-bond donors (Lipinski definition) is 1. The molecule has 2 nitrogen and oxygen atoms in total. The minimum Gasteiger partial charge on any atom is -0.370 e. The molecule has 14 heavy (non-hydrogen) atoms. The van der Waals surface area contributed by atoms with Crippen molar-refractivity contribution >= 4 is 17.2 Å². The Bertz CT molecular complexity index is 332. The van der Waals surface area contributed by atoms with Crippen LogP contribution in [0, 0.1) is 0 Å².